The summed E-state index contributed by atoms with van der Waals surface area (Å²) in [6.07, 6.45) is 3.68. The lowest BCUT2D eigenvalue weighted by Gasteiger charge is -2.07. The molecule has 0 aliphatic rings. The fourth-order valence-corrected chi connectivity index (χ4v) is 2.56. The summed E-state index contributed by atoms with van der Waals surface area (Å²) in [4.78, 5) is 28.5. The van der Waals surface area contributed by atoms with Gasteiger partial charge >= 0.3 is 0 Å². The highest BCUT2D eigenvalue weighted by Crippen LogP contribution is 2.13. The molecule has 0 aliphatic heterocycles. The standard InChI is InChI=1S/C18H16BrN5O2/c19-13-6-4-12(5-7-13)8-10-21-18(26)16-15(11-22-24-16)23-17(25)14-3-1-2-9-20-14/h1-7,9,11H,8,10H2,(H,21,26)(H,22,24)(H,23,25). The maximum atomic E-state index is 12.3. The normalized spacial score (nSPS) is 10.3. The van der Waals surface area contributed by atoms with Crippen molar-refractivity contribution in [1.82, 2.24) is 20.5 Å². The van der Waals surface area contributed by atoms with Gasteiger partial charge in [0.1, 0.15) is 5.69 Å². The molecular formula is C18H16BrN5O2. The van der Waals surface area contributed by atoms with Crippen molar-refractivity contribution >= 4 is 33.4 Å². The van der Waals surface area contributed by atoms with E-state index >= 15 is 0 Å². The van der Waals surface area contributed by atoms with Crippen molar-refractivity contribution in [1.29, 1.82) is 0 Å². The molecule has 26 heavy (non-hydrogen) atoms. The number of anilines is 1. The lowest BCUT2D eigenvalue weighted by Crippen LogP contribution is -2.27. The number of pyridine rings is 1. The van der Waals surface area contributed by atoms with Crippen LogP contribution in [0.15, 0.2) is 59.3 Å². The highest BCUT2D eigenvalue weighted by molar-refractivity contribution is 9.10. The number of hydrogen-bond donors (Lipinski definition) is 3. The van der Waals surface area contributed by atoms with E-state index in [2.05, 4.69) is 41.7 Å². The predicted octanol–water partition coefficient (Wildman–Crippen LogP) is 2.79. The van der Waals surface area contributed by atoms with E-state index in [0.717, 1.165) is 10.0 Å². The molecule has 2 amide bonds. The third kappa shape index (κ3) is 4.54. The Morgan fingerprint density at radius 3 is 2.62 bits per heavy atom. The van der Waals surface area contributed by atoms with Gasteiger partial charge in [-0.3, -0.25) is 19.7 Å². The number of amides is 2. The number of aromatic nitrogens is 3. The first-order valence-corrected chi connectivity index (χ1v) is 8.71. The fraction of sp³-hybridized carbons (Fsp3) is 0.111. The van der Waals surface area contributed by atoms with Crippen molar-refractivity contribution in [3.63, 3.8) is 0 Å². The van der Waals surface area contributed by atoms with Crippen LogP contribution in [0.5, 0.6) is 0 Å². The maximum Gasteiger partial charge on any atom is 0.274 e. The molecular weight excluding hydrogens is 398 g/mol. The zero-order chi connectivity index (χ0) is 18.4. The third-order valence-corrected chi connectivity index (χ3v) is 4.14. The van der Waals surface area contributed by atoms with Crippen molar-refractivity contribution in [3.8, 4) is 0 Å². The monoisotopic (exact) mass is 413 g/mol. The molecule has 0 radical (unpaired) electrons. The summed E-state index contributed by atoms with van der Waals surface area (Å²) in [7, 11) is 0. The number of nitrogens with zero attached hydrogens (tertiary/aromatic N) is 2. The Morgan fingerprint density at radius 2 is 1.88 bits per heavy atom. The summed E-state index contributed by atoms with van der Waals surface area (Å²) < 4.78 is 1.01. The van der Waals surface area contributed by atoms with Crippen molar-refractivity contribution in [2.75, 3.05) is 11.9 Å². The molecule has 2 aromatic heterocycles. The van der Waals surface area contributed by atoms with E-state index in [1.807, 2.05) is 24.3 Å². The fourth-order valence-electron chi connectivity index (χ4n) is 2.30. The Labute approximate surface area is 158 Å². The Hall–Kier alpha value is -3.00. The predicted molar refractivity (Wildman–Crippen MR) is 101 cm³/mol. The van der Waals surface area contributed by atoms with E-state index in [1.165, 1.54) is 12.4 Å². The molecule has 0 bridgehead atoms. The summed E-state index contributed by atoms with van der Waals surface area (Å²) in [5.41, 5.74) is 1.81. The minimum Gasteiger partial charge on any atom is -0.350 e. The molecule has 7 nitrogen and oxygen atoms in total. The van der Waals surface area contributed by atoms with E-state index in [1.54, 1.807) is 18.2 Å². The Kier molecular flexibility index (Phi) is 5.75. The number of rotatable bonds is 6. The Bertz CT molecular complexity index is 893. The van der Waals surface area contributed by atoms with Gasteiger partial charge in [-0.25, -0.2) is 0 Å². The van der Waals surface area contributed by atoms with E-state index in [4.69, 9.17) is 0 Å². The third-order valence-electron chi connectivity index (χ3n) is 3.61. The van der Waals surface area contributed by atoms with Crippen LogP contribution >= 0.6 is 15.9 Å². The van der Waals surface area contributed by atoms with Gasteiger partial charge in [-0.2, -0.15) is 5.10 Å². The molecule has 8 heteroatoms. The van der Waals surface area contributed by atoms with Crippen LogP contribution in [0.1, 0.15) is 26.5 Å². The molecule has 3 rings (SSSR count). The van der Waals surface area contributed by atoms with Crippen LogP contribution in [0.3, 0.4) is 0 Å². The van der Waals surface area contributed by atoms with Crippen LogP contribution in [0.4, 0.5) is 5.69 Å². The zero-order valence-corrected chi connectivity index (χ0v) is 15.3. The van der Waals surface area contributed by atoms with E-state index < -0.39 is 5.91 Å². The summed E-state index contributed by atoms with van der Waals surface area (Å²) in [5, 5.41) is 12.0. The van der Waals surface area contributed by atoms with Gasteiger partial charge in [0, 0.05) is 23.4 Å². The zero-order valence-electron chi connectivity index (χ0n) is 13.7. The Balaban J connectivity index is 1.58. The number of benzene rings is 1. The van der Waals surface area contributed by atoms with Gasteiger partial charge in [-0.15, -0.1) is 0 Å². The minimum absolute atomic E-state index is 0.130. The summed E-state index contributed by atoms with van der Waals surface area (Å²) in [5.74, 6) is -0.768. The number of halogens is 1. The summed E-state index contributed by atoms with van der Waals surface area (Å²) >= 11 is 3.39. The molecule has 0 fully saturated rings. The van der Waals surface area contributed by atoms with Crippen molar-refractivity contribution in [2.45, 2.75) is 6.42 Å². The SMILES string of the molecule is O=C(Nc1c[nH]nc1C(=O)NCCc1ccc(Br)cc1)c1ccccn1. The molecule has 2 heterocycles. The first-order valence-electron chi connectivity index (χ1n) is 7.92. The van der Waals surface area contributed by atoms with Gasteiger partial charge in [0.05, 0.1) is 5.69 Å². The van der Waals surface area contributed by atoms with Gasteiger partial charge in [-0.05, 0) is 36.2 Å². The molecule has 0 atom stereocenters. The topological polar surface area (TPSA) is 99.8 Å². The first kappa shape index (κ1) is 17.8. The number of carbonyl (C=O) groups excluding carboxylic acids is 2. The Morgan fingerprint density at radius 1 is 1.08 bits per heavy atom. The number of aromatic amines is 1. The van der Waals surface area contributed by atoms with Crippen molar-refractivity contribution in [2.24, 2.45) is 0 Å². The lowest BCUT2D eigenvalue weighted by atomic mass is 10.1. The van der Waals surface area contributed by atoms with Crippen LogP contribution in [0, 0.1) is 0 Å². The number of nitrogens with one attached hydrogen (secondary N) is 3. The molecule has 0 saturated heterocycles. The highest BCUT2D eigenvalue weighted by atomic mass is 79.9. The molecule has 0 spiro atoms. The van der Waals surface area contributed by atoms with Crippen LogP contribution in [-0.4, -0.2) is 33.5 Å². The van der Waals surface area contributed by atoms with E-state index in [-0.39, 0.29) is 17.3 Å². The van der Waals surface area contributed by atoms with Crippen LogP contribution in [0.25, 0.3) is 0 Å². The van der Waals surface area contributed by atoms with Gasteiger partial charge in [0.15, 0.2) is 5.69 Å². The van der Waals surface area contributed by atoms with Crippen LogP contribution in [0.2, 0.25) is 0 Å². The second kappa shape index (κ2) is 8.39. The summed E-state index contributed by atoms with van der Waals surface area (Å²) in [6, 6.07) is 12.9. The quantitative estimate of drug-likeness (QED) is 0.578. The van der Waals surface area contributed by atoms with E-state index in [0.29, 0.717) is 18.7 Å². The number of H-pyrrole nitrogens is 1. The molecule has 132 valence electrons. The van der Waals surface area contributed by atoms with Crippen molar-refractivity contribution in [3.05, 3.63) is 76.3 Å². The second-order valence-corrected chi connectivity index (χ2v) is 6.36. The minimum atomic E-state index is -0.407. The number of carbonyl (C=O) groups is 2. The van der Waals surface area contributed by atoms with Gasteiger partial charge in [0.25, 0.3) is 11.8 Å². The molecule has 1 aromatic carbocycles. The highest BCUT2D eigenvalue weighted by Gasteiger charge is 2.17. The van der Waals surface area contributed by atoms with Crippen molar-refractivity contribution < 1.29 is 9.59 Å². The maximum absolute atomic E-state index is 12.3. The second-order valence-electron chi connectivity index (χ2n) is 5.45. The first-order chi connectivity index (χ1) is 12.6. The van der Waals surface area contributed by atoms with Gasteiger partial charge in [-0.1, -0.05) is 34.1 Å². The van der Waals surface area contributed by atoms with Crippen LogP contribution < -0.4 is 10.6 Å². The van der Waals surface area contributed by atoms with Crippen LogP contribution in [-0.2, 0) is 6.42 Å². The molecule has 0 aliphatic carbocycles. The van der Waals surface area contributed by atoms with Gasteiger partial charge < -0.3 is 10.6 Å². The average Bonchev–Trinajstić information content (AvgIpc) is 3.12. The molecule has 3 aromatic rings. The molecule has 0 unspecified atom stereocenters. The summed E-state index contributed by atoms with van der Waals surface area (Å²) in [6.45, 7) is 0.459. The molecule has 0 saturated carbocycles. The van der Waals surface area contributed by atoms with E-state index in [9.17, 15) is 9.59 Å². The number of hydrogen-bond acceptors (Lipinski definition) is 4. The smallest absolute Gasteiger partial charge is 0.274 e. The average molecular weight is 414 g/mol. The largest absolute Gasteiger partial charge is 0.350 e. The van der Waals surface area contributed by atoms with Gasteiger partial charge in [0.2, 0.25) is 0 Å². The molecule has 3 N–H and O–H groups in total. The lowest BCUT2D eigenvalue weighted by molar-refractivity contribution is 0.0950.